The fraction of sp³-hybridized carbons (Fsp3) is 0.528. The van der Waals surface area contributed by atoms with Crippen LogP contribution in [0.5, 0.6) is 5.75 Å². The number of aryl methyl sites for hydroxylation is 1. The van der Waals surface area contributed by atoms with E-state index in [4.69, 9.17) is 19.9 Å². The van der Waals surface area contributed by atoms with Crippen molar-refractivity contribution in [2.75, 3.05) is 12.3 Å². The van der Waals surface area contributed by atoms with Crippen molar-refractivity contribution in [3.63, 3.8) is 0 Å². The predicted molar refractivity (Wildman–Crippen MR) is 162 cm³/mol. The van der Waals surface area contributed by atoms with Crippen molar-refractivity contribution < 1.29 is 34.3 Å². The molecule has 8 nitrogen and oxygen atoms in total. The predicted octanol–water partition coefficient (Wildman–Crippen LogP) is 3.92. The van der Waals surface area contributed by atoms with Crippen LogP contribution < -0.4 is 15.6 Å². The van der Waals surface area contributed by atoms with E-state index < -0.39 is 47.6 Å². The molecule has 234 valence electrons. The number of benzene rings is 2. The van der Waals surface area contributed by atoms with Crippen LogP contribution in [0.1, 0.15) is 62.5 Å². The summed E-state index contributed by atoms with van der Waals surface area (Å²) in [6.07, 6.45) is 4.43. The van der Waals surface area contributed by atoms with Crippen LogP contribution in [-0.2, 0) is 20.9 Å². The highest BCUT2D eigenvalue weighted by atomic mass is 16.7. The van der Waals surface area contributed by atoms with E-state index in [1.165, 1.54) is 0 Å². The number of carbonyl (C=O) groups excluding carboxylic acids is 1. The number of hydrogen-bond acceptors (Lipinski definition) is 8. The number of anilines is 1. The number of carbonyl (C=O) groups is 1. The fourth-order valence-corrected chi connectivity index (χ4v) is 9.83. The van der Waals surface area contributed by atoms with Gasteiger partial charge in [0.2, 0.25) is 0 Å². The van der Waals surface area contributed by atoms with Crippen molar-refractivity contribution in [3.05, 3.63) is 83.0 Å². The summed E-state index contributed by atoms with van der Waals surface area (Å²) in [5.41, 5.74) is 7.90. The Bertz CT molecular complexity index is 1540. The van der Waals surface area contributed by atoms with E-state index in [1.807, 2.05) is 55.5 Å². The molecule has 0 spiro atoms. The highest BCUT2D eigenvalue weighted by Gasteiger charge is 2.73. The van der Waals surface area contributed by atoms with Gasteiger partial charge >= 0.3 is 0 Å². The lowest BCUT2D eigenvalue weighted by molar-refractivity contribution is -0.472. The Kier molecular flexibility index (Phi) is 7.10. The largest absolute Gasteiger partial charge is 0.848 e. The summed E-state index contributed by atoms with van der Waals surface area (Å²) in [5, 5.41) is 36.1. The zero-order chi connectivity index (χ0) is 31.0. The number of nitrogens with two attached hydrogens (primary N) is 1. The van der Waals surface area contributed by atoms with E-state index in [0.717, 1.165) is 35.1 Å². The number of ketones is 1. The van der Waals surface area contributed by atoms with Crippen LogP contribution in [0.4, 0.5) is 5.69 Å². The quantitative estimate of drug-likeness (QED) is 0.425. The third-order valence-corrected chi connectivity index (χ3v) is 11.7. The number of hydrogen-bond donors (Lipinski definition) is 3. The van der Waals surface area contributed by atoms with Crippen molar-refractivity contribution >= 4 is 11.5 Å². The summed E-state index contributed by atoms with van der Waals surface area (Å²) >= 11 is 0. The van der Waals surface area contributed by atoms with Crippen LogP contribution in [0.15, 0.2) is 66.3 Å². The van der Waals surface area contributed by atoms with Gasteiger partial charge in [0.15, 0.2) is 12.1 Å². The molecule has 3 unspecified atom stereocenters. The Labute approximate surface area is 258 Å². The van der Waals surface area contributed by atoms with Gasteiger partial charge in [0.25, 0.3) is 0 Å². The lowest BCUT2D eigenvalue weighted by atomic mass is 9.46. The number of fused-ring (bicyclic) bond motifs is 7. The lowest BCUT2D eigenvalue weighted by Gasteiger charge is -2.61. The van der Waals surface area contributed by atoms with Crippen LogP contribution in [-0.4, -0.2) is 46.5 Å². The summed E-state index contributed by atoms with van der Waals surface area (Å²) in [6.45, 7) is 5.93. The molecule has 0 amide bonds. The number of ether oxygens (including phenoxy) is 3. The van der Waals surface area contributed by atoms with Crippen molar-refractivity contribution in [3.8, 4) is 5.75 Å². The summed E-state index contributed by atoms with van der Waals surface area (Å²) in [7, 11) is 0. The lowest BCUT2D eigenvalue weighted by Crippen LogP contribution is -2.67. The van der Waals surface area contributed by atoms with Gasteiger partial charge < -0.3 is 35.3 Å². The maximum Gasteiger partial charge on any atom is 0.185 e. The van der Waals surface area contributed by atoms with Crippen LogP contribution in [0, 0.1) is 35.5 Å². The minimum absolute atomic E-state index is 0.000123. The topological polar surface area (TPSA) is 134 Å². The Balaban J connectivity index is 1.19. The van der Waals surface area contributed by atoms with Crippen LogP contribution in [0.3, 0.4) is 0 Å². The third kappa shape index (κ3) is 4.33. The molecule has 44 heavy (non-hydrogen) atoms. The molecule has 1 aliphatic heterocycles. The molecule has 1 heterocycles. The molecular formula is C36H42NO7-. The van der Waals surface area contributed by atoms with Gasteiger partial charge in [-0.15, -0.1) is 0 Å². The van der Waals surface area contributed by atoms with E-state index in [0.29, 0.717) is 30.9 Å². The Morgan fingerprint density at radius 2 is 2.02 bits per heavy atom. The van der Waals surface area contributed by atoms with Gasteiger partial charge in [0.1, 0.15) is 12.4 Å². The first-order valence-corrected chi connectivity index (χ1v) is 15.8. The van der Waals surface area contributed by atoms with Gasteiger partial charge in [-0.1, -0.05) is 49.8 Å². The maximum atomic E-state index is 13.9. The Morgan fingerprint density at radius 3 is 2.80 bits per heavy atom. The summed E-state index contributed by atoms with van der Waals surface area (Å²) in [6, 6.07) is 13.4. The van der Waals surface area contributed by atoms with Gasteiger partial charge in [-0.05, 0) is 92.0 Å². The molecule has 0 radical (unpaired) electrons. The van der Waals surface area contributed by atoms with Crippen LogP contribution in [0.2, 0.25) is 0 Å². The van der Waals surface area contributed by atoms with E-state index in [1.54, 1.807) is 12.2 Å². The summed E-state index contributed by atoms with van der Waals surface area (Å²) in [5.74, 6) is 0.754. The van der Waals surface area contributed by atoms with E-state index in [2.05, 4.69) is 13.8 Å². The number of nitrogen functional groups attached to an aromatic ring is 1. The molecule has 10 atom stereocenters. The van der Waals surface area contributed by atoms with Crippen molar-refractivity contribution in [2.45, 2.75) is 83.3 Å². The minimum Gasteiger partial charge on any atom is -0.848 e. The first-order valence-electron chi connectivity index (χ1n) is 15.8. The Morgan fingerprint density at radius 1 is 1.20 bits per heavy atom. The number of aliphatic hydroxyl groups excluding tert-OH is 2. The number of aliphatic hydroxyl groups is 2. The van der Waals surface area contributed by atoms with Crippen LogP contribution >= 0.6 is 0 Å². The van der Waals surface area contributed by atoms with Gasteiger partial charge in [-0.2, -0.15) is 0 Å². The van der Waals surface area contributed by atoms with Gasteiger partial charge in [-0.3, -0.25) is 4.79 Å². The standard InChI is InChI=1S/C36H42NO7/c1-20-11-22(14-26(12-20)42-19-21-5-4-6-24(37)13-21)33-43-31-16-28-27-8-7-23-15-25(39)9-10-34(23,2)32(27)29(40)17-35(28,3)36(31,44-33)30(41)18-38/h4-6,9-15,27-33,38,40H,7-8,16-19,37H2,1-3H3/q-1/t27-,28?,29-,30?,31+,32?,33-,34-,35-,36+/m0/s1. The maximum absolute atomic E-state index is 13.9. The number of rotatable bonds is 6. The zero-order valence-electron chi connectivity index (χ0n) is 25.6. The van der Waals surface area contributed by atoms with Gasteiger partial charge in [0, 0.05) is 34.6 Å². The first-order chi connectivity index (χ1) is 21.0. The molecule has 7 rings (SSSR count). The zero-order valence-corrected chi connectivity index (χ0v) is 25.6. The first kappa shape index (κ1) is 29.7. The van der Waals surface area contributed by atoms with Crippen LogP contribution in [0.25, 0.3) is 0 Å². The molecule has 0 bridgehead atoms. The normalized spacial score (nSPS) is 39.6. The molecule has 2 aromatic rings. The van der Waals surface area contributed by atoms with Crippen molar-refractivity contribution in [1.29, 1.82) is 0 Å². The monoisotopic (exact) mass is 600 g/mol. The SMILES string of the molecule is Cc1cc(OCc2cccc(N)c2)cc([C@H]2O[C@@H]3CC4[C@@H]5CCC6=CC(=O)C=C[C@]6(C)C5[C@@H](O)C[C@]4(C)[C@]3(C([O-])CO)O2)c1. The van der Waals surface area contributed by atoms with Gasteiger partial charge in [0.05, 0.1) is 17.8 Å². The summed E-state index contributed by atoms with van der Waals surface area (Å²) < 4.78 is 19.6. The molecule has 0 aromatic heterocycles. The molecule has 1 saturated heterocycles. The smallest absolute Gasteiger partial charge is 0.185 e. The summed E-state index contributed by atoms with van der Waals surface area (Å²) in [4.78, 5) is 12.2. The molecule has 2 aromatic carbocycles. The van der Waals surface area contributed by atoms with Crippen molar-refractivity contribution in [1.82, 2.24) is 0 Å². The highest BCUT2D eigenvalue weighted by molar-refractivity contribution is 6.01. The third-order valence-electron chi connectivity index (χ3n) is 11.7. The molecule has 4 fully saturated rings. The van der Waals surface area contributed by atoms with E-state index in [-0.39, 0.29) is 23.5 Å². The molecule has 8 heteroatoms. The molecular weight excluding hydrogens is 558 g/mol. The van der Waals surface area contributed by atoms with E-state index >= 15 is 0 Å². The van der Waals surface area contributed by atoms with E-state index in [9.17, 15) is 20.1 Å². The van der Waals surface area contributed by atoms with Gasteiger partial charge in [-0.25, -0.2) is 0 Å². The number of allylic oxidation sites excluding steroid dienone is 4. The van der Waals surface area contributed by atoms with Crippen molar-refractivity contribution in [2.24, 2.45) is 28.6 Å². The molecule has 4 aliphatic carbocycles. The second-order valence-corrected chi connectivity index (χ2v) is 14.1. The second kappa shape index (κ2) is 10.5. The average molecular weight is 601 g/mol. The molecule has 4 N–H and O–H groups in total. The molecule has 5 aliphatic rings. The Hall–Kier alpha value is -3.01. The average Bonchev–Trinajstić information content (AvgIpc) is 3.49. The minimum atomic E-state index is -1.44. The molecule has 3 saturated carbocycles. The fourth-order valence-electron chi connectivity index (χ4n) is 9.83. The second-order valence-electron chi connectivity index (χ2n) is 14.1. The highest BCUT2D eigenvalue weighted by Crippen LogP contribution is 2.70.